The SMILES string of the molecule is CC1CN(C(=O)NC2CCN(C3CCN(C)CC3)CC2)CCCO1. The van der Waals surface area contributed by atoms with Crippen LogP contribution in [0.15, 0.2) is 0 Å². The normalized spacial score (nSPS) is 29.4. The first kappa shape index (κ1) is 18.0. The number of nitrogens with one attached hydrogen (secondary N) is 1. The molecule has 3 aliphatic rings. The molecule has 6 nitrogen and oxygen atoms in total. The molecule has 3 fully saturated rings. The molecule has 0 aliphatic carbocycles. The Hall–Kier alpha value is -0.850. The molecule has 0 bridgehead atoms. The molecule has 3 heterocycles. The standard InChI is InChI=1S/C18H34N4O2/c1-15-14-22(8-3-13-24-15)18(23)19-16-4-11-21(12-5-16)17-6-9-20(2)10-7-17/h15-17H,3-14H2,1-2H3,(H,19,23). The fourth-order valence-electron chi connectivity index (χ4n) is 4.21. The van der Waals surface area contributed by atoms with Gasteiger partial charge in [-0.3, -0.25) is 0 Å². The van der Waals surface area contributed by atoms with Gasteiger partial charge >= 0.3 is 6.03 Å². The van der Waals surface area contributed by atoms with E-state index < -0.39 is 0 Å². The Labute approximate surface area is 146 Å². The lowest BCUT2D eigenvalue weighted by atomic mass is 9.98. The van der Waals surface area contributed by atoms with Crippen LogP contribution in [0.3, 0.4) is 0 Å². The second-order valence-electron chi connectivity index (χ2n) is 7.78. The smallest absolute Gasteiger partial charge is 0.317 e. The summed E-state index contributed by atoms with van der Waals surface area (Å²) >= 11 is 0. The van der Waals surface area contributed by atoms with Gasteiger partial charge in [-0.25, -0.2) is 4.79 Å². The quantitative estimate of drug-likeness (QED) is 0.826. The predicted molar refractivity (Wildman–Crippen MR) is 95.2 cm³/mol. The Morgan fingerprint density at radius 2 is 1.75 bits per heavy atom. The largest absolute Gasteiger partial charge is 0.377 e. The van der Waals surface area contributed by atoms with Crippen molar-refractivity contribution in [3.05, 3.63) is 0 Å². The maximum Gasteiger partial charge on any atom is 0.317 e. The van der Waals surface area contributed by atoms with E-state index in [1.807, 2.05) is 11.8 Å². The highest BCUT2D eigenvalue weighted by molar-refractivity contribution is 5.74. The Bertz CT molecular complexity index is 404. The van der Waals surface area contributed by atoms with Crippen molar-refractivity contribution in [2.24, 2.45) is 0 Å². The molecule has 138 valence electrons. The summed E-state index contributed by atoms with van der Waals surface area (Å²) in [5.74, 6) is 0. The molecule has 24 heavy (non-hydrogen) atoms. The first-order valence-corrected chi connectivity index (χ1v) is 9.71. The average Bonchev–Trinajstić information content (AvgIpc) is 2.81. The van der Waals surface area contributed by atoms with Gasteiger partial charge < -0.3 is 24.8 Å². The van der Waals surface area contributed by atoms with Crippen LogP contribution in [0.2, 0.25) is 0 Å². The molecule has 1 unspecified atom stereocenters. The lowest BCUT2D eigenvalue weighted by molar-refractivity contribution is 0.0698. The molecule has 6 heteroatoms. The third-order valence-corrected chi connectivity index (χ3v) is 5.80. The lowest BCUT2D eigenvalue weighted by Gasteiger charge is -2.41. The summed E-state index contributed by atoms with van der Waals surface area (Å²) < 4.78 is 5.63. The molecule has 3 saturated heterocycles. The van der Waals surface area contributed by atoms with Gasteiger partial charge in [0.05, 0.1) is 6.10 Å². The van der Waals surface area contributed by atoms with E-state index in [9.17, 15) is 4.79 Å². The number of ether oxygens (including phenoxy) is 1. The number of likely N-dealkylation sites (tertiary alicyclic amines) is 2. The van der Waals surface area contributed by atoms with Crippen LogP contribution in [-0.2, 0) is 4.74 Å². The summed E-state index contributed by atoms with van der Waals surface area (Å²) in [5, 5.41) is 3.26. The summed E-state index contributed by atoms with van der Waals surface area (Å²) in [4.78, 5) is 19.5. The fourth-order valence-corrected chi connectivity index (χ4v) is 4.21. The van der Waals surface area contributed by atoms with Gasteiger partial charge in [0.2, 0.25) is 0 Å². The van der Waals surface area contributed by atoms with Gasteiger partial charge in [-0.1, -0.05) is 0 Å². The number of carbonyl (C=O) groups is 1. The van der Waals surface area contributed by atoms with E-state index in [1.54, 1.807) is 0 Å². The van der Waals surface area contributed by atoms with E-state index >= 15 is 0 Å². The summed E-state index contributed by atoms with van der Waals surface area (Å²) in [6.07, 6.45) is 5.82. The Kier molecular flexibility index (Phi) is 6.36. The van der Waals surface area contributed by atoms with Crippen LogP contribution in [0.4, 0.5) is 4.79 Å². The maximum absolute atomic E-state index is 12.5. The number of hydrogen-bond acceptors (Lipinski definition) is 4. The van der Waals surface area contributed by atoms with Crippen molar-refractivity contribution in [1.29, 1.82) is 0 Å². The zero-order chi connectivity index (χ0) is 16.9. The van der Waals surface area contributed by atoms with Gasteiger partial charge in [0, 0.05) is 44.9 Å². The molecular weight excluding hydrogens is 304 g/mol. The zero-order valence-electron chi connectivity index (χ0n) is 15.4. The molecule has 2 amide bonds. The van der Waals surface area contributed by atoms with Crippen LogP contribution in [0, 0.1) is 0 Å². The van der Waals surface area contributed by atoms with Crippen molar-refractivity contribution in [1.82, 2.24) is 20.0 Å². The van der Waals surface area contributed by atoms with Gasteiger partial charge in [-0.2, -0.15) is 0 Å². The fraction of sp³-hybridized carbons (Fsp3) is 0.944. The molecule has 0 radical (unpaired) electrons. The number of urea groups is 1. The summed E-state index contributed by atoms with van der Waals surface area (Å²) in [6, 6.07) is 1.19. The number of carbonyl (C=O) groups excluding carboxylic acids is 1. The summed E-state index contributed by atoms with van der Waals surface area (Å²) in [6.45, 7) is 9.02. The van der Waals surface area contributed by atoms with E-state index in [2.05, 4.69) is 22.2 Å². The van der Waals surface area contributed by atoms with Crippen molar-refractivity contribution in [3.63, 3.8) is 0 Å². The van der Waals surface area contributed by atoms with Gasteiger partial charge in [0.15, 0.2) is 0 Å². The Morgan fingerprint density at radius 1 is 1.04 bits per heavy atom. The number of hydrogen-bond donors (Lipinski definition) is 1. The predicted octanol–water partition coefficient (Wildman–Crippen LogP) is 1.37. The van der Waals surface area contributed by atoms with E-state index in [-0.39, 0.29) is 12.1 Å². The van der Waals surface area contributed by atoms with E-state index in [4.69, 9.17) is 4.74 Å². The van der Waals surface area contributed by atoms with Crippen LogP contribution in [0.1, 0.15) is 39.0 Å². The summed E-state index contributed by atoms with van der Waals surface area (Å²) in [7, 11) is 2.21. The maximum atomic E-state index is 12.5. The zero-order valence-corrected chi connectivity index (χ0v) is 15.4. The van der Waals surface area contributed by atoms with E-state index in [0.29, 0.717) is 12.6 Å². The first-order chi connectivity index (χ1) is 11.6. The van der Waals surface area contributed by atoms with Crippen molar-refractivity contribution >= 4 is 6.03 Å². The highest BCUT2D eigenvalue weighted by atomic mass is 16.5. The Morgan fingerprint density at radius 3 is 2.46 bits per heavy atom. The summed E-state index contributed by atoms with van der Waals surface area (Å²) in [5.41, 5.74) is 0. The molecule has 0 aromatic rings. The molecular formula is C18H34N4O2. The topological polar surface area (TPSA) is 48.1 Å². The molecule has 1 N–H and O–H groups in total. The van der Waals surface area contributed by atoms with Crippen LogP contribution in [0.25, 0.3) is 0 Å². The van der Waals surface area contributed by atoms with Gasteiger partial charge in [-0.05, 0) is 59.2 Å². The number of nitrogens with zero attached hydrogens (tertiary/aromatic N) is 3. The minimum atomic E-state index is 0.102. The van der Waals surface area contributed by atoms with Crippen molar-refractivity contribution in [2.75, 3.05) is 52.9 Å². The van der Waals surface area contributed by atoms with Crippen LogP contribution < -0.4 is 5.32 Å². The first-order valence-electron chi connectivity index (χ1n) is 9.71. The monoisotopic (exact) mass is 338 g/mol. The van der Waals surface area contributed by atoms with Gasteiger partial charge in [0.1, 0.15) is 0 Å². The highest BCUT2D eigenvalue weighted by Crippen LogP contribution is 2.20. The van der Waals surface area contributed by atoms with E-state index in [1.165, 1.54) is 25.9 Å². The molecule has 1 atom stereocenters. The molecule has 0 saturated carbocycles. The minimum absolute atomic E-state index is 0.102. The van der Waals surface area contributed by atoms with E-state index in [0.717, 1.165) is 51.5 Å². The van der Waals surface area contributed by atoms with Gasteiger partial charge in [-0.15, -0.1) is 0 Å². The molecule has 0 spiro atoms. The number of rotatable bonds is 2. The molecule has 3 aliphatic heterocycles. The number of amides is 2. The van der Waals surface area contributed by atoms with Crippen LogP contribution in [-0.4, -0.2) is 91.8 Å². The second kappa shape index (κ2) is 8.50. The second-order valence-corrected chi connectivity index (χ2v) is 7.78. The van der Waals surface area contributed by atoms with Crippen LogP contribution in [0.5, 0.6) is 0 Å². The molecule has 3 rings (SSSR count). The Balaban J connectivity index is 1.41. The lowest BCUT2D eigenvalue weighted by Crippen LogP contribution is -2.53. The highest BCUT2D eigenvalue weighted by Gasteiger charge is 2.29. The third kappa shape index (κ3) is 4.83. The molecule has 0 aromatic carbocycles. The average molecular weight is 338 g/mol. The number of piperidine rings is 2. The van der Waals surface area contributed by atoms with Crippen molar-refractivity contribution in [3.8, 4) is 0 Å². The van der Waals surface area contributed by atoms with Gasteiger partial charge in [0.25, 0.3) is 0 Å². The van der Waals surface area contributed by atoms with Crippen LogP contribution >= 0.6 is 0 Å². The van der Waals surface area contributed by atoms with Crippen molar-refractivity contribution in [2.45, 2.75) is 57.2 Å². The molecule has 0 aromatic heterocycles. The van der Waals surface area contributed by atoms with Crippen molar-refractivity contribution < 1.29 is 9.53 Å². The minimum Gasteiger partial charge on any atom is -0.377 e. The third-order valence-electron chi connectivity index (χ3n) is 5.80.